The monoisotopic (exact) mass is 382 g/mol. The van der Waals surface area contributed by atoms with Crippen LogP contribution in [0.15, 0.2) is 47.6 Å². The molecule has 2 N–H and O–H groups in total. The van der Waals surface area contributed by atoms with Gasteiger partial charge in [0.1, 0.15) is 5.82 Å². The van der Waals surface area contributed by atoms with E-state index in [0.717, 1.165) is 29.4 Å². The third-order valence-corrected chi connectivity index (χ3v) is 4.10. The number of hydrogen-bond acceptors (Lipinski definition) is 4. The molecule has 0 unspecified atom stereocenters. The van der Waals surface area contributed by atoms with Gasteiger partial charge in [0.05, 0.1) is 6.54 Å². The maximum absolute atomic E-state index is 12.0. The quantitative estimate of drug-likeness (QED) is 0.567. The van der Waals surface area contributed by atoms with Crippen LogP contribution in [0.25, 0.3) is 0 Å². The van der Waals surface area contributed by atoms with Crippen LogP contribution in [0.2, 0.25) is 0 Å². The van der Waals surface area contributed by atoms with E-state index in [1.54, 1.807) is 25.2 Å². The zero-order valence-electron chi connectivity index (χ0n) is 17.4. The molecule has 7 nitrogen and oxygen atoms in total. The van der Waals surface area contributed by atoms with Crippen molar-refractivity contribution in [2.75, 3.05) is 39.6 Å². The minimum absolute atomic E-state index is 0.00357. The van der Waals surface area contributed by atoms with E-state index in [9.17, 15) is 4.79 Å². The van der Waals surface area contributed by atoms with Crippen LogP contribution < -0.4 is 15.5 Å². The van der Waals surface area contributed by atoms with E-state index >= 15 is 0 Å². The van der Waals surface area contributed by atoms with Gasteiger partial charge in [0.15, 0.2) is 5.96 Å². The molecule has 2 aromatic rings. The number of nitrogens with zero attached hydrogens (tertiary/aromatic N) is 4. The SMILES string of the molecule is CCNC(=NCc1ccnc(N(C)C)c1)NCc1ccc(C(=O)N(C)C)cc1. The number of nitrogens with one attached hydrogen (secondary N) is 2. The Balaban J connectivity index is 1.99. The van der Waals surface area contributed by atoms with E-state index < -0.39 is 0 Å². The van der Waals surface area contributed by atoms with E-state index in [2.05, 4.69) is 20.6 Å². The standard InChI is InChI=1S/C21H30N6O/c1-6-22-21(25-15-17-11-12-23-19(13-17)26(2)3)24-14-16-7-9-18(10-8-16)20(28)27(4)5/h7-13H,6,14-15H2,1-5H3,(H2,22,24,25). The molecular weight excluding hydrogens is 352 g/mol. The number of benzene rings is 1. The predicted octanol–water partition coefficient (Wildman–Crippen LogP) is 2.10. The van der Waals surface area contributed by atoms with Crippen molar-refractivity contribution in [1.82, 2.24) is 20.5 Å². The van der Waals surface area contributed by atoms with Gasteiger partial charge in [0.25, 0.3) is 5.91 Å². The Hall–Kier alpha value is -3.09. The first-order chi connectivity index (χ1) is 13.4. The fraction of sp³-hybridized carbons (Fsp3) is 0.381. The van der Waals surface area contributed by atoms with Crippen LogP contribution in [0, 0.1) is 0 Å². The zero-order chi connectivity index (χ0) is 20.5. The molecule has 0 radical (unpaired) electrons. The lowest BCUT2D eigenvalue weighted by molar-refractivity contribution is 0.0827. The Bertz CT molecular complexity index is 799. The minimum atomic E-state index is 0.00357. The molecule has 1 amide bonds. The lowest BCUT2D eigenvalue weighted by atomic mass is 10.1. The van der Waals surface area contributed by atoms with E-state index in [-0.39, 0.29) is 5.91 Å². The van der Waals surface area contributed by atoms with E-state index in [1.807, 2.05) is 62.3 Å². The second-order valence-corrected chi connectivity index (χ2v) is 6.86. The van der Waals surface area contributed by atoms with Crippen LogP contribution in [-0.4, -0.2) is 56.5 Å². The maximum atomic E-state index is 12.0. The number of guanidine groups is 1. The van der Waals surface area contributed by atoms with Crippen molar-refractivity contribution < 1.29 is 4.79 Å². The van der Waals surface area contributed by atoms with Crippen LogP contribution in [0.5, 0.6) is 0 Å². The average molecular weight is 383 g/mol. The fourth-order valence-electron chi connectivity index (χ4n) is 2.52. The van der Waals surface area contributed by atoms with Crippen molar-refractivity contribution in [2.45, 2.75) is 20.0 Å². The lowest BCUT2D eigenvalue weighted by Crippen LogP contribution is -2.36. The summed E-state index contributed by atoms with van der Waals surface area (Å²) in [4.78, 5) is 24.5. The molecule has 0 spiro atoms. The lowest BCUT2D eigenvalue weighted by Gasteiger charge is -2.14. The predicted molar refractivity (Wildman–Crippen MR) is 115 cm³/mol. The Morgan fingerprint density at radius 1 is 1.04 bits per heavy atom. The van der Waals surface area contributed by atoms with Crippen LogP contribution >= 0.6 is 0 Å². The van der Waals surface area contributed by atoms with Gasteiger partial charge in [-0.2, -0.15) is 0 Å². The van der Waals surface area contributed by atoms with Gasteiger partial charge in [-0.05, 0) is 42.3 Å². The Kier molecular flexibility index (Phi) is 7.80. The maximum Gasteiger partial charge on any atom is 0.253 e. The molecule has 150 valence electrons. The van der Waals surface area contributed by atoms with Gasteiger partial charge in [0.2, 0.25) is 0 Å². The number of rotatable bonds is 7. The number of hydrogen-bond donors (Lipinski definition) is 2. The molecule has 0 fully saturated rings. The van der Waals surface area contributed by atoms with Gasteiger partial charge in [-0.3, -0.25) is 4.79 Å². The molecule has 0 saturated carbocycles. The van der Waals surface area contributed by atoms with E-state index in [1.165, 1.54) is 0 Å². The zero-order valence-corrected chi connectivity index (χ0v) is 17.4. The van der Waals surface area contributed by atoms with Crippen molar-refractivity contribution in [3.8, 4) is 0 Å². The molecule has 1 aromatic carbocycles. The van der Waals surface area contributed by atoms with Gasteiger partial charge >= 0.3 is 0 Å². The summed E-state index contributed by atoms with van der Waals surface area (Å²) < 4.78 is 0. The van der Waals surface area contributed by atoms with Crippen LogP contribution in [0.4, 0.5) is 5.82 Å². The first-order valence-electron chi connectivity index (χ1n) is 9.35. The van der Waals surface area contributed by atoms with Crippen molar-refractivity contribution in [3.05, 3.63) is 59.3 Å². The van der Waals surface area contributed by atoms with Gasteiger partial charge in [0, 0.05) is 53.0 Å². The van der Waals surface area contributed by atoms with Crippen molar-refractivity contribution in [1.29, 1.82) is 0 Å². The van der Waals surface area contributed by atoms with E-state index in [4.69, 9.17) is 0 Å². The fourth-order valence-corrected chi connectivity index (χ4v) is 2.52. The highest BCUT2D eigenvalue weighted by molar-refractivity contribution is 5.93. The van der Waals surface area contributed by atoms with Gasteiger partial charge in [-0.25, -0.2) is 9.98 Å². The molecule has 0 aliphatic heterocycles. The second kappa shape index (κ2) is 10.3. The Morgan fingerprint density at radius 2 is 1.75 bits per heavy atom. The largest absolute Gasteiger partial charge is 0.363 e. The van der Waals surface area contributed by atoms with Crippen LogP contribution in [0.1, 0.15) is 28.4 Å². The number of aliphatic imine (C=N–C) groups is 1. The summed E-state index contributed by atoms with van der Waals surface area (Å²) in [6, 6.07) is 11.6. The molecule has 0 atom stereocenters. The highest BCUT2D eigenvalue weighted by Crippen LogP contribution is 2.10. The van der Waals surface area contributed by atoms with Gasteiger partial charge in [-0.1, -0.05) is 12.1 Å². The topological polar surface area (TPSA) is 72.9 Å². The molecule has 1 heterocycles. The van der Waals surface area contributed by atoms with E-state index in [0.29, 0.717) is 18.7 Å². The first kappa shape index (κ1) is 21.2. The smallest absolute Gasteiger partial charge is 0.253 e. The Labute approximate surface area is 167 Å². The molecule has 2 rings (SSSR count). The Morgan fingerprint density at radius 3 is 2.36 bits per heavy atom. The third-order valence-electron chi connectivity index (χ3n) is 4.10. The molecule has 0 aliphatic carbocycles. The summed E-state index contributed by atoms with van der Waals surface area (Å²) >= 11 is 0. The highest BCUT2D eigenvalue weighted by atomic mass is 16.2. The second-order valence-electron chi connectivity index (χ2n) is 6.86. The third kappa shape index (κ3) is 6.26. The number of aromatic nitrogens is 1. The molecule has 1 aromatic heterocycles. The van der Waals surface area contributed by atoms with Crippen molar-refractivity contribution in [2.24, 2.45) is 4.99 Å². The molecule has 0 bridgehead atoms. The average Bonchev–Trinajstić information content (AvgIpc) is 2.70. The number of carbonyl (C=O) groups is 1. The summed E-state index contributed by atoms with van der Waals surface area (Å²) in [5.74, 6) is 1.67. The molecular formula is C21H30N6O. The summed E-state index contributed by atoms with van der Waals surface area (Å²) in [6.45, 7) is 4.01. The molecule has 28 heavy (non-hydrogen) atoms. The highest BCUT2D eigenvalue weighted by Gasteiger charge is 2.07. The molecule has 7 heteroatoms. The molecule has 0 saturated heterocycles. The van der Waals surface area contributed by atoms with Crippen molar-refractivity contribution in [3.63, 3.8) is 0 Å². The van der Waals surface area contributed by atoms with Gasteiger partial charge in [-0.15, -0.1) is 0 Å². The molecule has 0 aliphatic rings. The van der Waals surface area contributed by atoms with Crippen molar-refractivity contribution >= 4 is 17.7 Å². The van der Waals surface area contributed by atoms with Gasteiger partial charge < -0.3 is 20.4 Å². The first-order valence-corrected chi connectivity index (χ1v) is 9.35. The minimum Gasteiger partial charge on any atom is -0.363 e. The number of amides is 1. The number of pyridine rings is 1. The summed E-state index contributed by atoms with van der Waals surface area (Å²) in [5.41, 5.74) is 2.87. The van der Waals surface area contributed by atoms with Crippen LogP contribution in [-0.2, 0) is 13.1 Å². The summed E-state index contributed by atoms with van der Waals surface area (Å²) in [5, 5.41) is 6.59. The number of carbonyl (C=O) groups excluding carboxylic acids is 1. The summed E-state index contributed by atoms with van der Waals surface area (Å²) in [7, 11) is 7.44. The summed E-state index contributed by atoms with van der Waals surface area (Å²) in [6.07, 6.45) is 1.80. The normalized spacial score (nSPS) is 11.1. The van der Waals surface area contributed by atoms with Crippen LogP contribution in [0.3, 0.4) is 0 Å². The number of anilines is 1.